The Morgan fingerprint density at radius 1 is 1.35 bits per heavy atom. The van der Waals surface area contributed by atoms with E-state index in [4.69, 9.17) is 0 Å². The van der Waals surface area contributed by atoms with E-state index in [1.165, 1.54) is 41.7 Å². The fraction of sp³-hybridized carbons (Fsp3) is 0. The second-order valence-electron chi connectivity index (χ2n) is 3.81. The predicted octanol–water partition coefficient (Wildman–Crippen LogP) is 4.02. The van der Waals surface area contributed by atoms with Crippen molar-refractivity contribution in [1.29, 1.82) is 0 Å². The quantitative estimate of drug-likeness (QED) is 0.389. The minimum atomic E-state index is -0.676. The highest BCUT2D eigenvalue weighted by Crippen LogP contribution is 2.27. The molecule has 1 aromatic carbocycles. The van der Waals surface area contributed by atoms with E-state index in [2.05, 4.69) is 15.9 Å². The summed E-state index contributed by atoms with van der Waals surface area (Å²) in [6, 6.07) is 7.40. The minimum absolute atomic E-state index is 0.184. The van der Waals surface area contributed by atoms with E-state index < -0.39 is 16.4 Å². The van der Waals surface area contributed by atoms with Crippen LogP contribution in [0, 0.1) is 10.1 Å². The van der Waals surface area contributed by atoms with E-state index in [-0.39, 0.29) is 5.78 Å². The fourth-order valence-electron chi connectivity index (χ4n) is 1.49. The number of hydrogen-bond donors (Lipinski definition) is 1. The molecule has 0 radical (unpaired) electrons. The number of halogens is 1. The average Bonchev–Trinajstić information content (AvgIpc) is 2.84. The molecular formula is C13H8BrNO4S. The monoisotopic (exact) mass is 353 g/mol. The van der Waals surface area contributed by atoms with Crippen LogP contribution < -0.4 is 0 Å². The van der Waals surface area contributed by atoms with Gasteiger partial charge in [-0.1, -0.05) is 12.1 Å². The Labute approximate surface area is 126 Å². The fourth-order valence-corrected chi connectivity index (χ4v) is 2.80. The van der Waals surface area contributed by atoms with Gasteiger partial charge in [0.05, 0.1) is 13.6 Å². The number of phenols is 1. The van der Waals surface area contributed by atoms with Crippen LogP contribution in [0.2, 0.25) is 0 Å². The molecule has 0 aliphatic carbocycles. The van der Waals surface area contributed by atoms with Crippen LogP contribution in [-0.2, 0) is 0 Å². The lowest BCUT2D eigenvalue weighted by Gasteiger charge is -1.97. The second kappa shape index (κ2) is 5.98. The molecule has 0 bridgehead atoms. The first kappa shape index (κ1) is 14.4. The molecule has 0 aliphatic rings. The van der Waals surface area contributed by atoms with Crippen molar-refractivity contribution in [2.45, 2.75) is 0 Å². The Balaban J connectivity index is 2.21. The van der Waals surface area contributed by atoms with Crippen LogP contribution in [0.4, 0.5) is 5.69 Å². The number of benzene rings is 1. The molecule has 102 valence electrons. The molecule has 0 amide bonds. The van der Waals surface area contributed by atoms with Crippen LogP contribution in [0.25, 0.3) is 6.08 Å². The zero-order valence-electron chi connectivity index (χ0n) is 9.95. The van der Waals surface area contributed by atoms with Gasteiger partial charge in [0.25, 0.3) is 0 Å². The molecule has 0 aliphatic heterocycles. The maximum Gasteiger partial charge on any atom is 0.311 e. The number of carbonyl (C=O) groups is 1. The van der Waals surface area contributed by atoms with Crippen molar-refractivity contribution in [3.63, 3.8) is 0 Å². The van der Waals surface area contributed by atoms with Crippen LogP contribution in [0.3, 0.4) is 0 Å². The first-order chi connectivity index (χ1) is 9.47. The molecule has 0 saturated heterocycles. The van der Waals surface area contributed by atoms with Crippen molar-refractivity contribution in [1.82, 2.24) is 0 Å². The smallest absolute Gasteiger partial charge is 0.311 e. The standard InChI is InChI=1S/C13H8BrNO4S/c14-13-6-5-12(20-13)11(17)4-2-8-1-3-10(16)9(7-8)15(18)19/h1-7,16H/b4-2+. The van der Waals surface area contributed by atoms with Crippen LogP contribution in [0.5, 0.6) is 5.75 Å². The van der Waals surface area contributed by atoms with Gasteiger partial charge in [0.1, 0.15) is 0 Å². The van der Waals surface area contributed by atoms with Crippen molar-refractivity contribution in [3.05, 3.63) is 60.7 Å². The largest absolute Gasteiger partial charge is 0.502 e. The van der Waals surface area contributed by atoms with E-state index >= 15 is 0 Å². The number of nitro benzene ring substituents is 1. The molecule has 1 heterocycles. The van der Waals surface area contributed by atoms with Crippen LogP contribution >= 0.6 is 27.3 Å². The van der Waals surface area contributed by atoms with Crippen LogP contribution in [0.1, 0.15) is 15.2 Å². The Morgan fingerprint density at radius 3 is 2.70 bits per heavy atom. The van der Waals surface area contributed by atoms with E-state index in [1.54, 1.807) is 12.1 Å². The number of carbonyl (C=O) groups excluding carboxylic acids is 1. The van der Waals surface area contributed by atoms with Crippen molar-refractivity contribution in [2.24, 2.45) is 0 Å². The lowest BCUT2D eigenvalue weighted by molar-refractivity contribution is -0.385. The summed E-state index contributed by atoms with van der Waals surface area (Å²) in [6.45, 7) is 0. The number of phenolic OH excluding ortho intramolecular Hbond substituents is 1. The second-order valence-corrected chi connectivity index (χ2v) is 6.27. The molecule has 5 nitrogen and oxygen atoms in total. The molecule has 2 aromatic rings. The number of hydrogen-bond acceptors (Lipinski definition) is 5. The number of allylic oxidation sites excluding steroid dienone is 1. The Bertz CT molecular complexity index is 708. The highest BCUT2D eigenvalue weighted by molar-refractivity contribution is 9.11. The van der Waals surface area contributed by atoms with E-state index in [9.17, 15) is 20.0 Å². The summed E-state index contributed by atoms with van der Waals surface area (Å²) in [5.74, 6) is -0.586. The molecule has 0 fully saturated rings. The highest BCUT2D eigenvalue weighted by Gasteiger charge is 2.12. The molecular weight excluding hydrogens is 346 g/mol. The zero-order valence-corrected chi connectivity index (χ0v) is 12.3. The molecule has 2 rings (SSSR count). The van der Waals surface area contributed by atoms with Crippen molar-refractivity contribution >= 4 is 44.8 Å². The summed E-state index contributed by atoms with van der Waals surface area (Å²) in [6.07, 6.45) is 2.82. The topological polar surface area (TPSA) is 80.4 Å². The van der Waals surface area contributed by atoms with E-state index in [0.29, 0.717) is 10.4 Å². The summed E-state index contributed by atoms with van der Waals surface area (Å²) in [5, 5.41) is 20.0. The third kappa shape index (κ3) is 3.31. The SMILES string of the molecule is O=C(/C=C/c1ccc(O)c([N+](=O)[O-])c1)c1ccc(Br)s1. The van der Waals surface area contributed by atoms with Gasteiger partial charge in [0.2, 0.25) is 0 Å². The molecule has 0 atom stereocenters. The Kier molecular flexibility index (Phi) is 4.31. The number of rotatable bonds is 4. The third-order valence-corrected chi connectivity index (χ3v) is 4.08. The van der Waals surface area contributed by atoms with Gasteiger partial charge in [-0.25, -0.2) is 0 Å². The predicted molar refractivity (Wildman–Crippen MR) is 80.1 cm³/mol. The van der Waals surface area contributed by atoms with Crippen molar-refractivity contribution in [3.8, 4) is 5.75 Å². The van der Waals surface area contributed by atoms with Gasteiger partial charge in [-0.2, -0.15) is 0 Å². The van der Waals surface area contributed by atoms with Crippen molar-refractivity contribution in [2.75, 3.05) is 0 Å². The number of thiophene rings is 1. The van der Waals surface area contributed by atoms with Gasteiger partial charge in [0.15, 0.2) is 11.5 Å². The number of nitrogens with zero attached hydrogens (tertiary/aromatic N) is 1. The summed E-state index contributed by atoms with van der Waals surface area (Å²) in [4.78, 5) is 22.4. The lowest BCUT2D eigenvalue weighted by Crippen LogP contribution is -1.90. The molecule has 1 aromatic heterocycles. The van der Waals surface area contributed by atoms with Gasteiger partial charge in [0, 0.05) is 6.07 Å². The molecule has 0 spiro atoms. The Morgan fingerprint density at radius 2 is 2.10 bits per heavy atom. The number of aromatic hydroxyl groups is 1. The summed E-state index contributed by atoms with van der Waals surface area (Å²) in [5.41, 5.74) is 0.0805. The maximum atomic E-state index is 11.8. The van der Waals surface area contributed by atoms with Gasteiger partial charge in [-0.15, -0.1) is 11.3 Å². The van der Waals surface area contributed by atoms with Gasteiger partial charge >= 0.3 is 5.69 Å². The Hall–Kier alpha value is -1.99. The molecule has 7 heteroatoms. The van der Waals surface area contributed by atoms with Crippen molar-refractivity contribution < 1.29 is 14.8 Å². The summed E-state index contributed by atoms with van der Waals surface area (Å²) in [7, 11) is 0. The first-order valence-corrected chi connectivity index (χ1v) is 7.03. The molecule has 1 N–H and O–H groups in total. The molecule has 0 unspecified atom stereocenters. The van der Waals surface area contributed by atoms with Gasteiger partial charge < -0.3 is 5.11 Å². The van der Waals surface area contributed by atoms with Gasteiger partial charge in [-0.05, 0) is 45.8 Å². The first-order valence-electron chi connectivity index (χ1n) is 5.42. The van der Waals surface area contributed by atoms with Crippen LogP contribution in [0.15, 0.2) is 40.2 Å². The average molecular weight is 354 g/mol. The van der Waals surface area contributed by atoms with Gasteiger partial charge in [-0.3, -0.25) is 14.9 Å². The lowest BCUT2D eigenvalue weighted by atomic mass is 10.1. The van der Waals surface area contributed by atoms with E-state index in [0.717, 1.165) is 3.79 Å². The molecule has 20 heavy (non-hydrogen) atoms. The van der Waals surface area contributed by atoms with Crippen LogP contribution in [-0.4, -0.2) is 15.8 Å². The number of nitro groups is 1. The normalized spacial score (nSPS) is 10.8. The maximum absolute atomic E-state index is 11.8. The third-order valence-electron chi connectivity index (χ3n) is 2.44. The summed E-state index contributed by atoms with van der Waals surface area (Å²) >= 11 is 4.58. The number of ketones is 1. The summed E-state index contributed by atoms with van der Waals surface area (Å²) < 4.78 is 0.856. The zero-order chi connectivity index (χ0) is 14.7. The minimum Gasteiger partial charge on any atom is -0.502 e. The highest BCUT2D eigenvalue weighted by atomic mass is 79.9. The van der Waals surface area contributed by atoms with E-state index in [1.807, 2.05) is 0 Å². The molecule has 0 saturated carbocycles.